The van der Waals surface area contributed by atoms with Gasteiger partial charge in [-0.25, -0.2) is 4.39 Å². The monoisotopic (exact) mass is 276 g/mol. The maximum absolute atomic E-state index is 13.9. The summed E-state index contributed by atoms with van der Waals surface area (Å²) in [4.78, 5) is 0. The molecule has 1 heterocycles. The van der Waals surface area contributed by atoms with Gasteiger partial charge in [0.2, 0.25) is 0 Å². The van der Waals surface area contributed by atoms with Gasteiger partial charge in [0.25, 0.3) is 0 Å². The topological polar surface area (TPSA) is 25.8 Å². The smallest absolute Gasteiger partial charge is 0.134 e. The number of aromatic nitrogens is 2. The largest absolute Gasteiger partial charge is 0.206 e. The molecule has 1 atom stereocenters. The molecular formula is C15H14ClFN2. The molecule has 0 amide bonds. The zero-order valence-electron chi connectivity index (χ0n) is 10.7. The van der Waals surface area contributed by atoms with E-state index in [1.807, 2.05) is 6.07 Å². The number of hydrogen-bond donors (Lipinski definition) is 0. The van der Waals surface area contributed by atoms with Crippen LogP contribution < -0.4 is 0 Å². The molecule has 98 valence electrons. The van der Waals surface area contributed by atoms with Crippen LogP contribution in [0, 0.1) is 5.82 Å². The predicted octanol–water partition coefficient (Wildman–Crippen LogP) is 4.38. The molecule has 2 aromatic rings. The molecule has 0 saturated heterocycles. The Morgan fingerprint density at radius 3 is 2.95 bits per heavy atom. The Morgan fingerprint density at radius 1 is 1.32 bits per heavy atom. The second-order valence-electron chi connectivity index (χ2n) is 5.03. The van der Waals surface area contributed by atoms with Crippen LogP contribution in [0.1, 0.15) is 36.9 Å². The molecule has 2 nitrogen and oxygen atoms in total. The summed E-state index contributed by atoms with van der Waals surface area (Å²) in [5.74, 6) is 0.0759. The zero-order valence-corrected chi connectivity index (χ0v) is 11.4. The lowest BCUT2D eigenvalue weighted by Crippen LogP contribution is -2.11. The van der Waals surface area contributed by atoms with E-state index in [-0.39, 0.29) is 5.82 Å². The van der Waals surface area contributed by atoms with Gasteiger partial charge < -0.3 is 0 Å². The van der Waals surface area contributed by atoms with Gasteiger partial charge >= 0.3 is 0 Å². The van der Waals surface area contributed by atoms with Crippen LogP contribution in [0.4, 0.5) is 4.39 Å². The molecule has 1 aliphatic carbocycles. The van der Waals surface area contributed by atoms with Gasteiger partial charge in [-0.15, -0.1) is 0 Å². The van der Waals surface area contributed by atoms with E-state index in [0.717, 1.165) is 25.0 Å². The molecule has 1 aromatic carbocycles. The van der Waals surface area contributed by atoms with Crippen molar-refractivity contribution >= 4 is 11.6 Å². The predicted molar refractivity (Wildman–Crippen MR) is 73.8 cm³/mol. The second kappa shape index (κ2) is 4.89. The lowest BCUT2D eigenvalue weighted by atomic mass is 9.88. The minimum Gasteiger partial charge on any atom is -0.206 e. The first-order chi connectivity index (χ1) is 9.16. The van der Waals surface area contributed by atoms with Gasteiger partial charge in [-0.05, 0) is 43.0 Å². The minimum atomic E-state index is -0.356. The average Bonchev–Trinajstić information content (AvgIpc) is 2.39. The first kappa shape index (κ1) is 12.5. The van der Waals surface area contributed by atoms with E-state index in [2.05, 4.69) is 17.1 Å². The summed E-state index contributed by atoms with van der Waals surface area (Å²) in [5.41, 5.74) is 3.08. The Labute approximate surface area is 116 Å². The van der Waals surface area contributed by atoms with Gasteiger partial charge in [-0.2, -0.15) is 10.2 Å². The summed E-state index contributed by atoms with van der Waals surface area (Å²) in [7, 11) is 0. The van der Waals surface area contributed by atoms with Crippen molar-refractivity contribution in [1.29, 1.82) is 0 Å². The molecular weight excluding hydrogens is 263 g/mol. The van der Waals surface area contributed by atoms with Gasteiger partial charge in [-0.3, -0.25) is 0 Å². The summed E-state index contributed by atoms with van der Waals surface area (Å²) >= 11 is 6.07. The van der Waals surface area contributed by atoms with Crippen molar-refractivity contribution in [2.24, 2.45) is 0 Å². The molecule has 1 aromatic heterocycles. The molecule has 0 spiro atoms. The van der Waals surface area contributed by atoms with E-state index in [1.54, 1.807) is 12.1 Å². The van der Waals surface area contributed by atoms with E-state index in [1.165, 1.54) is 11.6 Å². The average molecular weight is 277 g/mol. The quantitative estimate of drug-likeness (QED) is 0.773. The van der Waals surface area contributed by atoms with Gasteiger partial charge in [0.15, 0.2) is 0 Å². The molecule has 0 radical (unpaired) electrons. The minimum absolute atomic E-state index is 0.345. The van der Waals surface area contributed by atoms with Crippen molar-refractivity contribution in [2.45, 2.75) is 32.1 Å². The lowest BCUT2D eigenvalue weighted by molar-refractivity contribution is 0.564. The molecule has 1 aliphatic rings. The summed E-state index contributed by atoms with van der Waals surface area (Å²) in [6.07, 6.45) is 3.26. The van der Waals surface area contributed by atoms with E-state index in [4.69, 9.17) is 11.6 Å². The molecule has 0 bridgehead atoms. The molecule has 19 heavy (non-hydrogen) atoms. The number of nitrogens with zero attached hydrogens (tertiary/aromatic N) is 2. The van der Waals surface area contributed by atoms with Crippen LogP contribution >= 0.6 is 11.6 Å². The van der Waals surface area contributed by atoms with E-state index in [0.29, 0.717) is 22.2 Å². The Morgan fingerprint density at radius 2 is 2.16 bits per heavy atom. The molecule has 0 fully saturated rings. The maximum atomic E-state index is 13.9. The van der Waals surface area contributed by atoms with Crippen molar-refractivity contribution < 1.29 is 4.39 Å². The highest BCUT2D eigenvalue weighted by Crippen LogP contribution is 2.33. The van der Waals surface area contributed by atoms with Crippen LogP contribution in [0.2, 0.25) is 5.02 Å². The standard InChI is InChI=1S/C15H14ClFN2/c1-9-4-2-5-10-8-13(18-19-15(9)10)14-11(16)6-3-7-12(14)17/h3,6-9H,2,4-5H2,1H3. The van der Waals surface area contributed by atoms with Gasteiger partial charge in [0, 0.05) is 5.92 Å². The highest BCUT2D eigenvalue weighted by molar-refractivity contribution is 6.33. The third-order valence-corrected chi connectivity index (χ3v) is 3.99. The fourth-order valence-electron chi connectivity index (χ4n) is 2.66. The number of hydrogen-bond acceptors (Lipinski definition) is 2. The third-order valence-electron chi connectivity index (χ3n) is 3.67. The van der Waals surface area contributed by atoms with Crippen molar-refractivity contribution in [3.8, 4) is 11.3 Å². The van der Waals surface area contributed by atoms with Crippen LogP contribution in [0.25, 0.3) is 11.3 Å². The van der Waals surface area contributed by atoms with Crippen LogP contribution in [-0.4, -0.2) is 10.2 Å². The van der Waals surface area contributed by atoms with Crippen molar-refractivity contribution in [2.75, 3.05) is 0 Å². The normalized spacial score (nSPS) is 18.2. The maximum Gasteiger partial charge on any atom is 0.134 e. The number of halogens is 2. The Bertz CT molecular complexity index is 607. The molecule has 0 N–H and O–H groups in total. The number of fused-ring (bicyclic) bond motifs is 1. The summed E-state index contributed by atoms with van der Waals surface area (Å²) in [6.45, 7) is 2.16. The van der Waals surface area contributed by atoms with Crippen molar-refractivity contribution in [3.63, 3.8) is 0 Å². The Hall–Kier alpha value is -1.48. The number of benzene rings is 1. The number of rotatable bonds is 1. The lowest BCUT2D eigenvalue weighted by Gasteiger charge is -2.20. The fourth-order valence-corrected chi connectivity index (χ4v) is 2.92. The second-order valence-corrected chi connectivity index (χ2v) is 5.44. The Kier molecular flexibility index (Phi) is 3.23. The van der Waals surface area contributed by atoms with Crippen LogP contribution in [0.3, 0.4) is 0 Å². The van der Waals surface area contributed by atoms with Crippen LogP contribution in [0.15, 0.2) is 24.3 Å². The first-order valence-corrected chi connectivity index (χ1v) is 6.85. The highest BCUT2D eigenvalue weighted by atomic mass is 35.5. The van der Waals surface area contributed by atoms with E-state index < -0.39 is 0 Å². The summed E-state index contributed by atoms with van der Waals surface area (Å²) in [6, 6.07) is 6.59. The Balaban J connectivity index is 2.12. The zero-order chi connectivity index (χ0) is 13.4. The molecule has 1 unspecified atom stereocenters. The van der Waals surface area contributed by atoms with Gasteiger partial charge in [-0.1, -0.05) is 24.6 Å². The number of aryl methyl sites for hydroxylation is 1. The van der Waals surface area contributed by atoms with Crippen LogP contribution in [0.5, 0.6) is 0 Å². The van der Waals surface area contributed by atoms with Gasteiger partial charge in [0.05, 0.1) is 22.0 Å². The molecule has 4 heteroatoms. The van der Waals surface area contributed by atoms with Crippen molar-refractivity contribution in [1.82, 2.24) is 10.2 Å². The molecule has 0 saturated carbocycles. The van der Waals surface area contributed by atoms with Gasteiger partial charge in [0.1, 0.15) is 5.82 Å². The third kappa shape index (κ3) is 2.23. The molecule has 0 aliphatic heterocycles. The molecule has 3 rings (SSSR count). The van der Waals surface area contributed by atoms with E-state index >= 15 is 0 Å². The van der Waals surface area contributed by atoms with E-state index in [9.17, 15) is 4.39 Å². The summed E-state index contributed by atoms with van der Waals surface area (Å²) < 4.78 is 13.9. The SMILES string of the molecule is CC1CCCc2cc(-c3c(F)cccc3Cl)nnc21. The fraction of sp³-hybridized carbons (Fsp3) is 0.333. The van der Waals surface area contributed by atoms with Crippen molar-refractivity contribution in [3.05, 3.63) is 46.4 Å². The highest BCUT2D eigenvalue weighted by Gasteiger charge is 2.20. The summed E-state index contributed by atoms with van der Waals surface area (Å²) in [5, 5.41) is 8.82. The first-order valence-electron chi connectivity index (χ1n) is 6.47. The van der Waals surface area contributed by atoms with Crippen LogP contribution in [-0.2, 0) is 6.42 Å².